The molecule has 2 aromatic carbocycles. The van der Waals surface area contributed by atoms with Gasteiger partial charge in [0.15, 0.2) is 0 Å². The molecule has 2 heterocycles. The van der Waals surface area contributed by atoms with Crippen LogP contribution < -0.4 is 10.6 Å². The highest BCUT2D eigenvalue weighted by Gasteiger charge is 2.13. The van der Waals surface area contributed by atoms with Crippen LogP contribution >= 0.6 is 12.4 Å². The number of carbonyl (C=O) groups is 1. The predicted octanol–water partition coefficient (Wildman–Crippen LogP) is 3.68. The Labute approximate surface area is 191 Å². The summed E-state index contributed by atoms with van der Waals surface area (Å²) in [6, 6.07) is 13.1. The summed E-state index contributed by atoms with van der Waals surface area (Å²) in [7, 11) is 0. The van der Waals surface area contributed by atoms with Gasteiger partial charge >= 0.3 is 6.01 Å². The molecule has 2 N–H and O–H groups in total. The molecule has 1 amide bonds. The molecule has 0 unspecified atom stereocenters. The summed E-state index contributed by atoms with van der Waals surface area (Å²) in [6.45, 7) is 5.28. The molecule has 8 nitrogen and oxygen atoms in total. The molecule has 1 fully saturated rings. The normalized spacial score (nSPS) is 13.9. The van der Waals surface area contributed by atoms with Crippen molar-refractivity contribution in [2.45, 2.75) is 6.42 Å². The number of amides is 1. The molecule has 0 saturated carbocycles. The molecular formula is C22H25ClFN5O3. The van der Waals surface area contributed by atoms with Gasteiger partial charge in [-0.15, -0.1) is 17.5 Å². The standard InChI is InChI=1S/C22H24FN5O3.ClH/c23-19-5-2-1-4-18(19)20(29)25-17-8-6-16(7-9-17)21-26-27-22(31-21)24-10-3-11-28-12-14-30-15-13-28;/h1-2,4-9H,3,10-15H2,(H,24,27)(H,25,29);1H. The molecular weight excluding hydrogens is 437 g/mol. The Bertz CT molecular complexity index is 1010. The number of anilines is 2. The van der Waals surface area contributed by atoms with E-state index in [4.69, 9.17) is 9.15 Å². The number of nitrogens with one attached hydrogen (secondary N) is 2. The van der Waals surface area contributed by atoms with Crippen molar-refractivity contribution in [1.29, 1.82) is 0 Å². The number of morpholine rings is 1. The molecule has 3 aromatic rings. The largest absolute Gasteiger partial charge is 0.403 e. The van der Waals surface area contributed by atoms with Crippen molar-refractivity contribution in [3.63, 3.8) is 0 Å². The lowest BCUT2D eigenvalue weighted by Crippen LogP contribution is -2.37. The second kappa shape index (κ2) is 11.6. The maximum absolute atomic E-state index is 13.7. The third-order valence-electron chi connectivity index (χ3n) is 4.96. The van der Waals surface area contributed by atoms with E-state index in [9.17, 15) is 9.18 Å². The number of nitrogens with zero attached hydrogens (tertiary/aromatic N) is 3. The molecule has 1 aromatic heterocycles. The molecule has 1 saturated heterocycles. The minimum atomic E-state index is -0.563. The summed E-state index contributed by atoms with van der Waals surface area (Å²) in [5.74, 6) is -0.692. The van der Waals surface area contributed by atoms with Crippen LogP contribution in [0.4, 0.5) is 16.1 Å². The van der Waals surface area contributed by atoms with Gasteiger partial charge in [-0.1, -0.05) is 17.2 Å². The van der Waals surface area contributed by atoms with Gasteiger partial charge in [0.05, 0.1) is 18.8 Å². The number of hydrogen-bond donors (Lipinski definition) is 2. The molecule has 0 atom stereocenters. The zero-order valence-corrected chi connectivity index (χ0v) is 18.2. The highest BCUT2D eigenvalue weighted by molar-refractivity contribution is 6.04. The van der Waals surface area contributed by atoms with Crippen LogP contribution in [0.2, 0.25) is 0 Å². The number of benzene rings is 2. The summed E-state index contributed by atoms with van der Waals surface area (Å²) in [4.78, 5) is 14.6. The van der Waals surface area contributed by atoms with Crippen LogP contribution in [0.15, 0.2) is 52.9 Å². The van der Waals surface area contributed by atoms with Crippen molar-refractivity contribution in [3.05, 3.63) is 59.9 Å². The van der Waals surface area contributed by atoms with Crippen LogP contribution in [0.3, 0.4) is 0 Å². The molecule has 170 valence electrons. The van der Waals surface area contributed by atoms with Crippen molar-refractivity contribution in [1.82, 2.24) is 15.1 Å². The number of aromatic nitrogens is 2. The maximum atomic E-state index is 13.7. The van der Waals surface area contributed by atoms with Gasteiger partial charge in [0, 0.05) is 30.9 Å². The number of hydrogen-bond acceptors (Lipinski definition) is 7. The van der Waals surface area contributed by atoms with E-state index in [1.54, 1.807) is 36.4 Å². The van der Waals surface area contributed by atoms with Gasteiger partial charge in [-0.3, -0.25) is 9.69 Å². The molecule has 0 bridgehead atoms. The van der Waals surface area contributed by atoms with Crippen LogP contribution in [0.25, 0.3) is 11.5 Å². The van der Waals surface area contributed by atoms with Gasteiger partial charge in [-0.05, 0) is 49.4 Å². The number of carbonyl (C=O) groups excluding carboxylic acids is 1. The average Bonchev–Trinajstić information content (AvgIpc) is 3.27. The van der Waals surface area contributed by atoms with Crippen LogP contribution in [-0.2, 0) is 4.74 Å². The Kier molecular flexibility index (Phi) is 8.55. The van der Waals surface area contributed by atoms with Crippen LogP contribution in [0.1, 0.15) is 16.8 Å². The first-order valence-electron chi connectivity index (χ1n) is 10.2. The number of ether oxygens (including phenoxy) is 1. The zero-order chi connectivity index (χ0) is 21.5. The fourth-order valence-corrected chi connectivity index (χ4v) is 3.27. The second-order valence-corrected chi connectivity index (χ2v) is 7.16. The zero-order valence-electron chi connectivity index (χ0n) is 17.4. The van der Waals surface area contributed by atoms with Gasteiger partial charge in [0.2, 0.25) is 5.89 Å². The summed E-state index contributed by atoms with van der Waals surface area (Å²) >= 11 is 0. The molecule has 4 rings (SSSR count). The molecule has 32 heavy (non-hydrogen) atoms. The van der Waals surface area contributed by atoms with Gasteiger partial charge < -0.3 is 19.8 Å². The van der Waals surface area contributed by atoms with Crippen molar-refractivity contribution >= 4 is 30.0 Å². The van der Waals surface area contributed by atoms with Crippen LogP contribution in [0, 0.1) is 5.82 Å². The van der Waals surface area contributed by atoms with Gasteiger partial charge in [-0.25, -0.2) is 4.39 Å². The van der Waals surface area contributed by atoms with Gasteiger partial charge in [-0.2, -0.15) is 0 Å². The lowest BCUT2D eigenvalue weighted by molar-refractivity contribution is 0.0378. The van der Waals surface area contributed by atoms with Crippen molar-refractivity contribution in [2.75, 3.05) is 50.0 Å². The average molecular weight is 462 g/mol. The lowest BCUT2D eigenvalue weighted by Gasteiger charge is -2.26. The topological polar surface area (TPSA) is 92.5 Å². The molecule has 0 radical (unpaired) electrons. The Morgan fingerprint density at radius 1 is 1.06 bits per heavy atom. The molecule has 1 aliphatic rings. The Hall–Kier alpha value is -3.01. The van der Waals surface area contributed by atoms with E-state index in [-0.39, 0.29) is 18.0 Å². The highest BCUT2D eigenvalue weighted by atomic mass is 35.5. The minimum Gasteiger partial charge on any atom is -0.403 e. The minimum absolute atomic E-state index is 0. The van der Waals surface area contributed by atoms with Crippen LogP contribution in [-0.4, -0.2) is 60.4 Å². The van der Waals surface area contributed by atoms with Crippen molar-refractivity contribution in [3.8, 4) is 11.5 Å². The van der Waals surface area contributed by atoms with Gasteiger partial charge in [0.25, 0.3) is 5.91 Å². The van der Waals surface area contributed by atoms with E-state index in [1.165, 1.54) is 12.1 Å². The summed E-state index contributed by atoms with van der Waals surface area (Å²) in [6.07, 6.45) is 0.966. The first-order valence-corrected chi connectivity index (χ1v) is 10.2. The fraction of sp³-hybridized carbons (Fsp3) is 0.318. The first kappa shape index (κ1) is 23.6. The smallest absolute Gasteiger partial charge is 0.315 e. The summed E-state index contributed by atoms with van der Waals surface area (Å²) in [5.41, 5.74) is 1.25. The Morgan fingerprint density at radius 2 is 1.81 bits per heavy atom. The molecule has 10 heteroatoms. The van der Waals surface area contributed by atoms with Crippen LogP contribution in [0.5, 0.6) is 0 Å². The van der Waals surface area contributed by atoms with E-state index in [2.05, 4.69) is 25.7 Å². The Morgan fingerprint density at radius 3 is 2.56 bits per heavy atom. The highest BCUT2D eigenvalue weighted by Crippen LogP contribution is 2.22. The van der Waals surface area contributed by atoms with E-state index in [0.717, 1.165) is 51.4 Å². The van der Waals surface area contributed by atoms with Gasteiger partial charge in [0.1, 0.15) is 5.82 Å². The van der Waals surface area contributed by atoms with Crippen molar-refractivity contribution < 1.29 is 18.3 Å². The fourth-order valence-electron chi connectivity index (χ4n) is 3.27. The second-order valence-electron chi connectivity index (χ2n) is 7.16. The molecule has 0 aliphatic carbocycles. The monoisotopic (exact) mass is 461 g/mol. The van der Waals surface area contributed by atoms with E-state index in [0.29, 0.717) is 17.6 Å². The molecule has 1 aliphatic heterocycles. The number of rotatable bonds is 8. The van der Waals surface area contributed by atoms with Crippen molar-refractivity contribution in [2.24, 2.45) is 0 Å². The quantitative estimate of drug-likeness (QED) is 0.494. The Balaban J connectivity index is 0.00000289. The maximum Gasteiger partial charge on any atom is 0.315 e. The first-order chi connectivity index (χ1) is 15.2. The SMILES string of the molecule is Cl.O=C(Nc1ccc(-c2nnc(NCCCN3CCOCC3)o2)cc1)c1ccccc1F. The molecule has 0 spiro atoms. The van der Waals surface area contributed by atoms with E-state index >= 15 is 0 Å². The number of halogens is 2. The summed E-state index contributed by atoms with van der Waals surface area (Å²) < 4.78 is 24.7. The summed E-state index contributed by atoms with van der Waals surface area (Å²) in [5, 5.41) is 13.9. The van der Waals surface area contributed by atoms with E-state index < -0.39 is 11.7 Å². The predicted molar refractivity (Wildman–Crippen MR) is 122 cm³/mol. The van der Waals surface area contributed by atoms with E-state index in [1.807, 2.05) is 0 Å². The third-order valence-corrected chi connectivity index (χ3v) is 4.96. The lowest BCUT2D eigenvalue weighted by atomic mass is 10.1. The third kappa shape index (κ3) is 6.25.